The van der Waals surface area contributed by atoms with E-state index < -0.39 is 5.97 Å². The van der Waals surface area contributed by atoms with Crippen LogP contribution in [0.4, 0.5) is 0 Å². The predicted octanol–water partition coefficient (Wildman–Crippen LogP) is 2.64. The van der Waals surface area contributed by atoms with Gasteiger partial charge in [-0.1, -0.05) is 16.8 Å². The Morgan fingerprint density at radius 1 is 1.38 bits per heavy atom. The normalized spacial score (nSPS) is 11.1. The van der Waals surface area contributed by atoms with Crippen molar-refractivity contribution in [1.29, 1.82) is 0 Å². The molecule has 0 heterocycles. The second-order valence-electron chi connectivity index (χ2n) is 3.09. The highest BCUT2D eigenvalue weighted by atomic mass is 35.5. The van der Waals surface area contributed by atoms with Crippen LogP contribution >= 0.6 is 11.6 Å². The van der Waals surface area contributed by atoms with Crippen LogP contribution in [0.3, 0.4) is 0 Å². The van der Waals surface area contributed by atoms with Crippen LogP contribution in [0.15, 0.2) is 23.4 Å². The number of carbonyl (C=O) groups is 1. The zero-order chi connectivity index (χ0) is 12.1. The first-order valence-electron chi connectivity index (χ1n) is 4.60. The summed E-state index contributed by atoms with van der Waals surface area (Å²) in [4.78, 5) is 15.6. The summed E-state index contributed by atoms with van der Waals surface area (Å²) in [5.41, 5.74) is 1.21. The molecule has 0 saturated heterocycles. The lowest BCUT2D eigenvalue weighted by Crippen LogP contribution is -2.06. The summed E-state index contributed by atoms with van der Waals surface area (Å²) in [6.45, 7) is 3.07. The first-order valence-corrected chi connectivity index (χ1v) is 4.98. The Bertz CT molecular complexity index is 429. The third kappa shape index (κ3) is 3.24. The van der Waals surface area contributed by atoms with Crippen LogP contribution in [-0.4, -0.2) is 18.8 Å². The van der Waals surface area contributed by atoms with E-state index in [9.17, 15) is 4.79 Å². The number of hydrogen-bond acceptors (Lipinski definition) is 4. The summed E-state index contributed by atoms with van der Waals surface area (Å²) in [5.74, 6) is 0.0176. The van der Waals surface area contributed by atoms with Gasteiger partial charge in [-0.05, 0) is 25.1 Å². The minimum Gasteiger partial charge on any atom is -0.426 e. The second kappa shape index (κ2) is 5.51. The molecule has 0 unspecified atom stereocenters. The molecule has 1 rings (SSSR count). The summed E-state index contributed by atoms with van der Waals surface area (Å²) < 4.78 is 5.03. The van der Waals surface area contributed by atoms with Gasteiger partial charge in [0.25, 0.3) is 0 Å². The van der Waals surface area contributed by atoms with Crippen molar-refractivity contribution in [3.8, 4) is 5.75 Å². The Labute approximate surface area is 98.8 Å². The average Bonchev–Trinajstić information content (AvgIpc) is 2.20. The fourth-order valence-corrected chi connectivity index (χ4v) is 1.39. The van der Waals surface area contributed by atoms with Gasteiger partial charge >= 0.3 is 5.97 Å². The molecule has 0 aromatic heterocycles. The van der Waals surface area contributed by atoms with Gasteiger partial charge in [0, 0.05) is 17.5 Å². The number of nitrogens with zero attached hydrogens (tertiary/aromatic N) is 1. The number of benzene rings is 1. The molecule has 0 aliphatic carbocycles. The van der Waals surface area contributed by atoms with E-state index in [0.29, 0.717) is 22.0 Å². The maximum Gasteiger partial charge on any atom is 0.308 e. The van der Waals surface area contributed by atoms with Crippen molar-refractivity contribution in [2.75, 3.05) is 7.11 Å². The summed E-state index contributed by atoms with van der Waals surface area (Å²) in [7, 11) is 1.44. The Balaban J connectivity index is 3.17. The van der Waals surface area contributed by atoms with Crippen molar-refractivity contribution < 1.29 is 14.4 Å². The first kappa shape index (κ1) is 12.5. The van der Waals surface area contributed by atoms with E-state index in [1.807, 2.05) is 0 Å². The topological polar surface area (TPSA) is 47.9 Å². The molecular weight excluding hydrogens is 230 g/mol. The number of esters is 1. The Kier molecular flexibility index (Phi) is 4.31. The number of oxime groups is 1. The van der Waals surface area contributed by atoms with E-state index in [1.54, 1.807) is 25.1 Å². The molecule has 0 spiro atoms. The molecule has 0 aliphatic heterocycles. The molecule has 16 heavy (non-hydrogen) atoms. The van der Waals surface area contributed by atoms with Crippen LogP contribution in [0, 0.1) is 0 Å². The van der Waals surface area contributed by atoms with Crippen molar-refractivity contribution in [2.24, 2.45) is 5.16 Å². The highest BCUT2D eigenvalue weighted by Gasteiger charge is 2.10. The number of carbonyl (C=O) groups excluding carboxylic acids is 1. The molecule has 5 heteroatoms. The van der Waals surface area contributed by atoms with E-state index in [-0.39, 0.29) is 0 Å². The lowest BCUT2D eigenvalue weighted by molar-refractivity contribution is -0.131. The van der Waals surface area contributed by atoms with E-state index in [2.05, 4.69) is 9.99 Å². The summed E-state index contributed by atoms with van der Waals surface area (Å²) in [6.07, 6.45) is 0. The maximum atomic E-state index is 10.9. The minimum absolute atomic E-state index is 0.395. The SMILES string of the molecule is CO/N=C(/C)c1cc(Cl)ccc1OC(C)=O. The van der Waals surface area contributed by atoms with E-state index in [4.69, 9.17) is 16.3 Å². The summed E-state index contributed by atoms with van der Waals surface area (Å²) in [5, 5.41) is 4.31. The second-order valence-corrected chi connectivity index (χ2v) is 3.53. The van der Waals surface area contributed by atoms with E-state index in [0.717, 1.165) is 0 Å². The van der Waals surface area contributed by atoms with Gasteiger partial charge in [-0.15, -0.1) is 0 Å². The molecule has 0 radical (unpaired) electrons. The van der Waals surface area contributed by atoms with Crippen molar-refractivity contribution in [3.05, 3.63) is 28.8 Å². The van der Waals surface area contributed by atoms with Crippen LogP contribution in [0.5, 0.6) is 5.75 Å². The molecule has 4 nitrogen and oxygen atoms in total. The van der Waals surface area contributed by atoms with Crippen LogP contribution < -0.4 is 4.74 Å². The monoisotopic (exact) mass is 241 g/mol. The lowest BCUT2D eigenvalue weighted by Gasteiger charge is -2.08. The van der Waals surface area contributed by atoms with Gasteiger partial charge in [-0.2, -0.15) is 0 Å². The van der Waals surface area contributed by atoms with Gasteiger partial charge in [-0.3, -0.25) is 4.79 Å². The van der Waals surface area contributed by atoms with Crippen molar-refractivity contribution >= 4 is 23.3 Å². The third-order valence-electron chi connectivity index (χ3n) is 1.81. The van der Waals surface area contributed by atoms with E-state index >= 15 is 0 Å². The molecule has 0 aliphatic rings. The highest BCUT2D eigenvalue weighted by Crippen LogP contribution is 2.24. The van der Waals surface area contributed by atoms with E-state index in [1.165, 1.54) is 14.0 Å². The fraction of sp³-hybridized carbons (Fsp3) is 0.273. The first-order chi connectivity index (χ1) is 7.54. The average molecular weight is 242 g/mol. The maximum absolute atomic E-state index is 10.9. The van der Waals surface area contributed by atoms with Crippen LogP contribution in [0.25, 0.3) is 0 Å². The number of rotatable bonds is 3. The number of ether oxygens (including phenoxy) is 1. The molecule has 0 bridgehead atoms. The van der Waals surface area contributed by atoms with Crippen molar-refractivity contribution in [3.63, 3.8) is 0 Å². The Morgan fingerprint density at radius 2 is 2.06 bits per heavy atom. The molecule has 0 atom stereocenters. The Morgan fingerprint density at radius 3 is 2.62 bits per heavy atom. The highest BCUT2D eigenvalue weighted by molar-refractivity contribution is 6.31. The summed E-state index contributed by atoms with van der Waals surface area (Å²) in [6, 6.07) is 4.93. The number of halogens is 1. The largest absolute Gasteiger partial charge is 0.426 e. The third-order valence-corrected chi connectivity index (χ3v) is 2.05. The Hall–Kier alpha value is -1.55. The summed E-state index contributed by atoms with van der Waals surface area (Å²) >= 11 is 5.86. The fourth-order valence-electron chi connectivity index (χ4n) is 1.21. The van der Waals surface area contributed by atoms with Gasteiger partial charge in [0.15, 0.2) is 0 Å². The van der Waals surface area contributed by atoms with Crippen molar-refractivity contribution in [2.45, 2.75) is 13.8 Å². The molecule has 1 aromatic carbocycles. The molecular formula is C11H12ClNO3. The van der Waals surface area contributed by atoms with Gasteiger partial charge in [-0.25, -0.2) is 0 Å². The minimum atomic E-state index is -0.395. The van der Waals surface area contributed by atoms with Gasteiger partial charge in [0.05, 0.1) is 5.71 Å². The van der Waals surface area contributed by atoms with Gasteiger partial charge in [0.1, 0.15) is 12.9 Å². The molecule has 0 N–H and O–H groups in total. The zero-order valence-electron chi connectivity index (χ0n) is 9.28. The van der Waals surface area contributed by atoms with Gasteiger partial charge in [0.2, 0.25) is 0 Å². The van der Waals surface area contributed by atoms with Crippen LogP contribution in [-0.2, 0) is 9.63 Å². The van der Waals surface area contributed by atoms with Crippen LogP contribution in [0.1, 0.15) is 19.4 Å². The van der Waals surface area contributed by atoms with Crippen LogP contribution in [0.2, 0.25) is 5.02 Å². The van der Waals surface area contributed by atoms with Gasteiger partial charge < -0.3 is 9.57 Å². The lowest BCUT2D eigenvalue weighted by atomic mass is 10.1. The predicted molar refractivity (Wildman–Crippen MR) is 62.0 cm³/mol. The number of hydrogen-bond donors (Lipinski definition) is 0. The molecule has 0 fully saturated rings. The molecule has 0 saturated carbocycles. The zero-order valence-corrected chi connectivity index (χ0v) is 10.0. The molecule has 0 amide bonds. The standard InChI is InChI=1S/C11H12ClNO3/c1-7(13-15-3)10-6-9(12)4-5-11(10)16-8(2)14/h4-6H,1-3H3/b13-7-. The van der Waals surface area contributed by atoms with Crippen molar-refractivity contribution in [1.82, 2.24) is 0 Å². The quantitative estimate of drug-likeness (QED) is 0.354. The molecule has 1 aromatic rings. The smallest absolute Gasteiger partial charge is 0.308 e. The molecule has 86 valence electrons.